The summed E-state index contributed by atoms with van der Waals surface area (Å²) in [5.41, 5.74) is 15.7. The van der Waals surface area contributed by atoms with Crippen LogP contribution >= 0.6 is 7.82 Å². The number of azide groups is 1. The molecule has 138 heavy (non-hydrogen) atoms. The van der Waals surface area contributed by atoms with E-state index in [9.17, 15) is 15.1 Å². The summed E-state index contributed by atoms with van der Waals surface area (Å²) in [7, 11) is -5.90. The quantitative estimate of drug-likeness (QED) is 0.00707. The van der Waals surface area contributed by atoms with Gasteiger partial charge in [0.25, 0.3) is 7.82 Å². The molecule has 22 nitrogen and oxygen atoms in total. The first kappa shape index (κ1) is 118. The number of carbonyl (C=O) groups is 3. The third-order valence-corrected chi connectivity index (χ3v) is 27.4. The van der Waals surface area contributed by atoms with Crippen molar-refractivity contribution in [3.05, 3.63) is 226 Å². The van der Waals surface area contributed by atoms with Gasteiger partial charge in [0.05, 0.1) is 72.5 Å². The van der Waals surface area contributed by atoms with Gasteiger partial charge in [-0.25, -0.2) is 0 Å². The van der Waals surface area contributed by atoms with Crippen molar-refractivity contribution >= 4 is 25.7 Å². The summed E-state index contributed by atoms with van der Waals surface area (Å²) in [4.78, 5) is 64.4. The number of rotatable bonds is 80. The molecule has 23 heteroatoms. The Morgan fingerprint density at radius 3 is 0.993 bits per heavy atom. The van der Waals surface area contributed by atoms with E-state index in [0.29, 0.717) is 24.8 Å². The molecule has 1 heterocycles. The zero-order chi connectivity index (χ0) is 98.0. The molecule has 0 aromatic heterocycles. The molecule has 1 aliphatic carbocycles. The number of unbranched alkanes of at least 4 members (excludes halogenated alkanes) is 40. The molecule has 770 valence electrons. The highest BCUT2D eigenvalue weighted by atomic mass is 31.2. The van der Waals surface area contributed by atoms with E-state index in [1.54, 1.807) is 4.90 Å². The summed E-state index contributed by atoms with van der Waals surface area (Å²) in [6.45, 7) is 15.6. The van der Waals surface area contributed by atoms with E-state index >= 15 is 14.3 Å². The van der Waals surface area contributed by atoms with Crippen molar-refractivity contribution in [1.82, 2.24) is 0 Å². The third kappa shape index (κ3) is 51.7. The van der Waals surface area contributed by atoms with Gasteiger partial charge in [0.2, 0.25) is 0 Å². The highest BCUT2D eigenvalue weighted by Crippen LogP contribution is 2.48. The van der Waals surface area contributed by atoms with Crippen LogP contribution < -0.4 is 9.79 Å². The fourth-order valence-electron chi connectivity index (χ4n) is 18.2. The first-order valence-electron chi connectivity index (χ1n) is 54.0. The maximum atomic E-state index is 15.9. The minimum Gasteiger partial charge on any atom is -0.756 e. The second-order valence-electron chi connectivity index (χ2n) is 37.9. The summed E-state index contributed by atoms with van der Waals surface area (Å²) < 4.78 is 105. The monoisotopic (exact) mass is 1930 g/mol. The highest BCUT2D eigenvalue weighted by Gasteiger charge is 2.60. The Balaban J connectivity index is 0.00000356. The van der Waals surface area contributed by atoms with Crippen molar-refractivity contribution in [3.63, 3.8) is 0 Å². The van der Waals surface area contributed by atoms with E-state index in [-0.39, 0.29) is 65.5 Å². The predicted octanol–water partition coefficient (Wildman–Crippen LogP) is 27.1. The summed E-state index contributed by atoms with van der Waals surface area (Å²) in [6.07, 6.45) is 32.5. The molecule has 2 fully saturated rings. The Hall–Kier alpha value is -7.21. The first-order chi connectivity index (χ1) is 67.8. The lowest BCUT2D eigenvalue weighted by molar-refractivity contribution is -0.894. The van der Waals surface area contributed by atoms with Crippen LogP contribution in [0.2, 0.25) is 0 Å². The molecular weight excluding hydrogens is 1760 g/mol. The molecule has 0 bridgehead atoms. The normalized spacial score (nSPS) is 19.3. The van der Waals surface area contributed by atoms with Crippen molar-refractivity contribution in [2.24, 2.45) is 5.11 Å². The molecule has 8 rings (SSSR count). The average molecular weight is 1930 g/mol. The van der Waals surface area contributed by atoms with Crippen LogP contribution in [0, 0.1) is 0 Å². The molecule has 0 amide bonds. The Bertz CT molecular complexity index is 4040. The standard InChI is InChI=1S/C109H162N3O18P.C6H15N/c1-4-7-10-13-16-19-22-25-27-30-32-35-38-41-62-77-97(113)119-86-95(126-98(114)78-63-42-39-36-34-31-28-26-23-20-17-14-11-8-5-2)87-125-131(116,117)130-108-106(128-99(115)79-64-43-40-37-33-29-24-21-18-15-12-9-6-3)104(123-84-93-73-58-48-59-74-93)103(122-83-92-71-56-47-57-72-92)105(124-85-94-75-60-49-61-76-94)107(108)129-109-100(111-112-110)102(121-82-91-69-54-46-55-70-91)101(120-81-90-67-52-45-53-68-90)96(127-109)88-118-80-89-65-50-44-51-66-89;1-4-7(5-2)6-3/h44-61,65-76,95-96,100-109H,4-43,62-64,77-88H2,1-3H3,(H,116,117);4-6H2,1-3H3/t95-,96+,100+,101+,102+,103+,104+,105-,106+,107+,108+,109+;/m0./s1. The van der Waals surface area contributed by atoms with Gasteiger partial charge in [-0.05, 0) is 78.9 Å². The van der Waals surface area contributed by atoms with E-state index in [0.717, 1.165) is 111 Å². The van der Waals surface area contributed by atoms with Crippen LogP contribution in [-0.2, 0) is 120 Å². The Kier molecular flexibility index (Phi) is 65.2. The SMILES string of the molecule is CCCCCCCCCCCCCCCCCC(=O)OC[C@@H](COP(=O)([O-])O[C@@H]1[C@H](OC(=O)CCCCCCCCCCCCCCC)[C@H](OCc2ccccc2)[C@@H](OCc2ccccc2)[C@H](OCc2ccccc2)[C@H]1O[C@H]1O[C@H](COCc2ccccc2)[C@@H](OCc2ccccc2)[C@H](OCc2ccccc2)[C@H]1N=[N+]=[N-])OC(=O)CCCCCCCCCCCCCCCCC.CC[NH+](CC)CC. The number of hydrogen-bond acceptors (Lipinski definition) is 19. The smallest absolute Gasteiger partial charge is 0.306 e. The summed E-state index contributed by atoms with van der Waals surface area (Å²) in [6, 6.07) is 55.5. The highest BCUT2D eigenvalue weighted by molar-refractivity contribution is 7.45. The lowest BCUT2D eigenvalue weighted by Crippen LogP contribution is -3.11. The van der Waals surface area contributed by atoms with Gasteiger partial charge in [-0.15, -0.1) is 0 Å². The lowest BCUT2D eigenvalue weighted by atomic mass is 9.83. The number of ether oxygens (including phenoxy) is 11. The predicted molar refractivity (Wildman–Crippen MR) is 549 cm³/mol. The molecule has 1 aliphatic heterocycles. The fraction of sp³-hybridized carbons (Fsp3) is 0.661. The van der Waals surface area contributed by atoms with E-state index in [1.807, 2.05) is 182 Å². The van der Waals surface area contributed by atoms with Crippen LogP contribution in [0.3, 0.4) is 0 Å². The van der Waals surface area contributed by atoms with Gasteiger partial charge in [0.15, 0.2) is 18.5 Å². The van der Waals surface area contributed by atoms with E-state index in [4.69, 9.17) is 61.2 Å². The maximum absolute atomic E-state index is 15.9. The van der Waals surface area contributed by atoms with E-state index < -0.39 is 112 Å². The van der Waals surface area contributed by atoms with Crippen molar-refractivity contribution in [3.8, 4) is 0 Å². The topological polar surface area (TPSA) is 265 Å². The van der Waals surface area contributed by atoms with E-state index in [2.05, 4.69) is 51.6 Å². The minimum atomic E-state index is -5.90. The van der Waals surface area contributed by atoms with Crippen molar-refractivity contribution in [2.45, 2.75) is 450 Å². The Morgan fingerprint density at radius 1 is 0.362 bits per heavy atom. The molecule has 6 aromatic rings. The molecule has 6 aromatic carbocycles. The van der Waals surface area contributed by atoms with Gasteiger partial charge < -0.3 is 70.9 Å². The number of nitrogens with zero attached hydrogens (tertiary/aromatic N) is 3. The number of nitrogens with one attached hydrogen (secondary N) is 1. The van der Waals surface area contributed by atoms with Crippen LogP contribution in [0.4, 0.5) is 0 Å². The number of quaternary nitrogens is 1. The molecule has 1 saturated heterocycles. The molecule has 2 aliphatic rings. The van der Waals surface area contributed by atoms with Crippen molar-refractivity contribution in [1.29, 1.82) is 0 Å². The minimum absolute atomic E-state index is 0.00515. The van der Waals surface area contributed by atoms with Crippen molar-refractivity contribution < 1.29 is 89.9 Å². The molecule has 1 N–H and O–H groups in total. The van der Waals surface area contributed by atoms with Gasteiger partial charge >= 0.3 is 17.9 Å². The van der Waals surface area contributed by atoms with Crippen molar-refractivity contribution in [2.75, 3.05) is 39.5 Å². The number of phosphoric acid groups is 1. The molecular formula is C115H177N4O18P. The average Bonchev–Trinajstić information content (AvgIpc) is 0.746. The van der Waals surface area contributed by atoms with Crippen LogP contribution in [-0.4, -0.2) is 131 Å². The number of phosphoric ester groups is 1. The zero-order valence-corrected chi connectivity index (χ0v) is 86.3. The van der Waals surface area contributed by atoms with Gasteiger partial charge in [-0.3, -0.25) is 18.9 Å². The molecule has 13 atom stereocenters. The Morgan fingerprint density at radius 2 is 0.659 bits per heavy atom. The molecule has 0 radical (unpaired) electrons. The zero-order valence-electron chi connectivity index (χ0n) is 85.4. The van der Waals surface area contributed by atoms with Crippen LogP contribution in [0.5, 0.6) is 0 Å². The second kappa shape index (κ2) is 76.5. The summed E-state index contributed by atoms with van der Waals surface area (Å²) in [5, 5.41) is 4.49. The van der Waals surface area contributed by atoms with Gasteiger partial charge in [-0.1, -0.05) is 465 Å². The molecule has 1 saturated carbocycles. The maximum Gasteiger partial charge on any atom is 0.306 e. The summed E-state index contributed by atoms with van der Waals surface area (Å²) in [5.74, 6) is -1.84. The van der Waals surface area contributed by atoms with Crippen LogP contribution in [0.25, 0.3) is 10.4 Å². The number of hydrogen-bond donors (Lipinski definition) is 1. The third-order valence-electron chi connectivity index (χ3n) is 26.5. The Labute approximate surface area is 831 Å². The van der Waals surface area contributed by atoms with Gasteiger partial charge in [-0.2, -0.15) is 0 Å². The number of benzene rings is 6. The van der Waals surface area contributed by atoms with Crippen LogP contribution in [0.1, 0.15) is 370 Å². The largest absolute Gasteiger partial charge is 0.756 e. The molecule has 1 unspecified atom stereocenters. The number of esters is 3. The second-order valence-corrected chi connectivity index (χ2v) is 39.3. The summed E-state index contributed by atoms with van der Waals surface area (Å²) >= 11 is 0. The fourth-order valence-corrected chi connectivity index (χ4v) is 19.1. The molecule has 0 spiro atoms. The lowest BCUT2D eigenvalue weighted by Gasteiger charge is -2.52. The van der Waals surface area contributed by atoms with Gasteiger partial charge in [0, 0.05) is 24.2 Å². The van der Waals surface area contributed by atoms with E-state index in [1.165, 1.54) is 193 Å². The van der Waals surface area contributed by atoms with Gasteiger partial charge in [0.1, 0.15) is 61.5 Å². The number of carbonyl (C=O) groups excluding carboxylic acids is 3. The van der Waals surface area contributed by atoms with Crippen LogP contribution in [0.15, 0.2) is 187 Å². The first-order valence-corrected chi connectivity index (χ1v) is 55.5.